The van der Waals surface area contributed by atoms with Gasteiger partial charge in [0.2, 0.25) is 11.8 Å². The minimum absolute atomic E-state index is 0.0658. The van der Waals surface area contributed by atoms with E-state index in [1.165, 1.54) is 0 Å². The maximum absolute atomic E-state index is 13.7. The summed E-state index contributed by atoms with van der Waals surface area (Å²) in [6, 6.07) is 35.4. The molecule has 3 N–H and O–H groups in total. The van der Waals surface area contributed by atoms with Gasteiger partial charge in [-0.25, -0.2) is 0 Å². The number of aliphatic hydroxyl groups is 1. The lowest BCUT2D eigenvalue weighted by Gasteiger charge is -2.24. The van der Waals surface area contributed by atoms with Crippen LogP contribution in [-0.4, -0.2) is 42.1 Å². The van der Waals surface area contributed by atoms with Crippen LogP contribution in [0.3, 0.4) is 0 Å². The highest BCUT2D eigenvalue weighted by Gasteiger charge is 2.27. The molecule has 0 heterocycles. The van der Waals surface area contributed by atoms with Crippen LogP contribution >= 0.6 is 0 Å². The average molecular weight is 703 g/mol. The molecule has 4 atom stereocenters. The largest absolute Gasteiger partial charge is 0.489 e. The highest BCUT2D eigenvalue weighted by Crippen LogP contribution is 2.21. The molecule has 0 radical (unpaired) electrons. The van der Waals surface area contributed by atoms with Crippen LogP contribution in [0.2, 0.25) is 0 Å². The number of esters is 1. The molecule has 4 aromatic carbocycles. The number of nitrogens with one attached hydrogen (secondary N) is 2. The van der Waals surface area contributed by atoms with E-state index < -0.39 is 18.0 Å². The molecule has 0 aliphatic rings. The van der Waals surface area contributed by atoms with Crippen molar-refractivity contribution in [3.8, 4) is 5.75 Å². The van der Waals surface area contributed by atoms with Crippen molar-refractivity contribution >= 4 is 17.8 Å². The molecule has 0 saturated heterocycles. The first kappa shape index (κ1) is 39.3. The van der Waals surface area contributed by atoms with Crippen LogP contribution < -0.4 is 15.4 Å². The molecule has 0 bridgehead atoms. The number of ether oxygens (including phenoxy) is 2. The predicted octanol–water partition coefficient (Wildman–Crippen LogP) is 7.09. The third kappa shape index (κ3) is 13.3. The topological polar surface area (TPSA) is 114 Å². The zero-order valence-electron chi connectivity index (χ0n) is 29.7. The van der Waals surface area contributed by atoms with Crippen molar-refractivity contribution in [1.82, 2.24) is 10.6 Å². The normalized spacial score (nSPS) is 13.1. The molecule has 272 valence electrons. The monoisotopic (exact) mass is 702 g/mol. The van der Waals surface area contributed by atoms with Crippen molar-refractivity contribution in [2.24, 2.45) is 11.8 Å². The lowest BCUT2D eigenvalue weighted by molar-refractivity contribution is -0.150. The van der Waals surface area contributed by atoms with Crippen molar-refractivity contribution < 1.29 is 29.0 Å². The molecule has 0 aliphatic heterocycles. The Bertz CT molecular complexity index is 1680. The number of hydrogen-bond donors (Lipinski definition) is 3. The van der Waals surface area contributed by atoms with Gasteiger partial charge in [0, 0.05) is 6.42 Å². The number of carbonyl (C=O) groups is 3. The van der Waals surface area contributed by atoms with Crippen molar-refractivity contribution in [3.63, 3.8) is 0 Å². The van der Waals surface area contributed by atoms with E-state index in [9.17, 15) is 19.5 Å². The molecular weight excluding hydrogens is 652 g/mol. The van der Waals surface area contributed by atoms with Gasteiger partial charge >= 0.3 is 5.97 Å². The number of benzene rings is 4. The number of rotatable bonds is 22. The molecule has 0 aliphatic carbocycles. The minimum atomic E-state index is -0.724. The minimum Gasteiger partial charge on any atom is -0.489 e. The Morgan fingerprint density at radius 2 is 1.33 bits per heavy atom. The Morgan fingerprint density at radius 3 is 1.94 bits per heavy atom. The summed E-state index contributed by atoms with van der Waals surface area (Å²) in [6.07, 6.45) is 5.75. The number of aliphatic hydroxyl groups excluding tert-OH is 1. The molecule has 0 unspecified atom stereocenters. The Kier molecular flexibility index (Phi) is 16.4. The number of amides is 2. The smallest absolute Gasteiger partial charge is 0.309 e. The highest BCUT2D eigenvalue weighted by atomic mass is 16.5. The molecule has 0 saturated carbocycles. The molecular formula is C44H50N2O6. The number of hydrogen-bond acceptors (Lipinski definition) is 6. The first-order chi connectivity index (χ1) is 25.4. The van der Waals surface area contributed by atoms with E-state index in [0.717, 1.165) is 28.0 Å². The van der Waals surface area contributed by atoms with E-state index in [-0.39, 0.29) is 49.8 Å². The van der Waals surface area contributed by atoms with Crippen LogP contribution in [0.5, 0.6) is 5.75 Å². The van der Waals surface area contributed by atoms with E-state index in [0.29, 0.717) is 32.3 Å². The third-order valence-corrected chi connectivity index (χ3v) is 8.78. The molecule has 0 aromatic heterocycles. The molecule has 0 fully saturated rings. The average Bonchev–Trinajstić information content (AvgIpc) is 3.18. The predicted molar refractivity (Wildman–Crippen MR) is 204 cm³/mol. The first-order valence-electron chi connectivity index (χ1n) is 17.8. The van der Waals surface area contributed by atoms with E-state index in [1.807, 2.05) is 115 Å². The lowest BCUT2D eigenvalue weighted by atomic mass is 9.94. The SMILES string of the molecule is C=CCC[C@H](Cc1ccccc1)C(=O)OC[C@H](NC(=O)[C@H](CC=C)CC(=O)N[C@H](CO)Cc1ccc(OCc2ccccc2)cc1)c1ccccc1. The van der Waals surface area contributed by atoms with Gasteiger partial charge in [0.25, 0.3) is 0 Å². The zero-order valence-corrected chi connectivity index (χ0v) is 29.7. The molecule has 4 rings (SSSR count). The Balaban J connectivity index is 1.34. The zero-order chi connectivity index (χ0) is 37.0. The number of carbonyl (C=O) groups excluding carboxylic acids is 3. The second-order valence-corrected chi connectivity index (χ2v) is 12.8. The van der Waals surface area contributed by atoms with Gasteiger partial charge in [-0.2, -0.15) is 0 Å². The van der Waals surface area contributed by atoms with Crippen LogP contribution in [0, 0.1) is 11.8 Å². The first-order valence-corrected chi connectivity index (χ1v) is 17.8. The van der Waals surface area contributed by atoms with E-state index in [4.69, 9.17) is 9.47 Å². The Labute approximate surface area is 307 Å². The second kappa shape index (κ2) is 21.7. The second-order valence-electron chi connectivity index (χ2n) is 12.8. The Hall–Kier alpha value is -5.47. The van der Waals surface area contributed by atoms with E-state index in [1.54, 1.807) is 12.2 Å². The summed E-state index contributed by atoms with van der Waals surface area (Å²) in [6.45, 7) is 7.72. The van der Waals surface area contributed by atoms with Gasteiger partial charge in [0.05, 0.1) is 30.5 Å². The molecule has 52 heavy (non-hydrogen) atoms. The molecule has 4 aromatic rings. The van der Waals surface area contributed by atoms with Crippen molar-refractivity contribution in [2.45, 2.75) is 57.2 Å². The summed E-state index contributed by atoms with van der Waals surface area (Å²) >= 11 is 0. The van der Waals surface area contributed by atoms with Crippen molar-refractivity contribution in [1.29, 1.82) is 0 Å². The number of allylic oxidation sites excluding steroid dienone is 2. The van der Waals surface area contributed by atoms with Gasteiger partial charge < -0.3 is 25.2 Å². The van der Waals surface area contributed by atoms with Gasteiger partial charge in [-0.1, -0.05) is 115 Å². The summed E-state index contributed by atoms with van der Waals surface area (Å²) in [5.74, 6) is -1.43. The Morgan fingerprint density at radius 1 is 0.712 bits per heavy atom. The van der Waals surface area contributed by atoms with Gasteiger partial charge in [-0.05, 0) is 66.5 Å². The summed E-state index contributed by atoms with van der Waals surface area (Å²) in [5.41, 5.74) is 3.80. The van der Waals surface area contributed by atoms with Crippen molar-refractivity contribution in [3.05, 3.63) is 163 Å². The quantitative estimate of drug-likeness (QED) is 0.0596. The van der Waals surface area contributed by atoms with Crippen LogP contribution in [0.15, 0.2) is 141 Å². The van der Waals surface area contributed by atoms with Gasteiger partial charge in [-0.3, -0.25) is 14.4 Å². The van der Waals surface area contributed by atoms with Gasteiger partial charge in [-0.15, -0.1) is 13.2 Å². The fourth-order valence-electron chi connectivity index (χ4n) is 5.90. The fraction of sp³-hybridized carbons (Fsp3) is 0.295. The van der Waals surface area contributed by atoms with Crippen molar-refractivity contribution in [2.75, 3.05) is 13.2 Å². The maximum atomic E-state index is 13.7. The van der Waals surface area contributed by atoms with E-state index in [2.05, 4.69) is 23.8 Å². The van der Waals surface area contributed by atoms with E-state index >= 15 is 0 Å². The molecule has 8 heteroatoms. The maximum Gasteiger partial charge on any atom is 0.309 e. The highest BCUT2D eigenvalue weighted by molar-refractivity contribution is 5.86. The molecule has 8 nitrogen and oxygen atoms in total. The summed E-state index contributed by atoms with van der Waals surface area (Å²) in [4.78, 5) is 40.3. The summed E-state index contributed by atoms with van der Waals surface area (Å²) in [5, 5.41) is 16.0. The van der Waals surface area contributed by atoms with Crippen LogP contribution in [0.4, 0.5) is 0 Å². The summed E-state index contributed by atoms with van der Waals surface area (Å²) < 4.78 is 11.7. The van der Waals surface area contributed by atoms with Crippen LogP contribution in [-0.2, 0) is 38.6 Å². The third-order valence-electron chi connectivity index (χ3n) is 8.78. The van der Waals surface area contributed by atoms with Crippen LogP contribution in [0.25, 0.3) is 0 Å². The van der Waals surface area contributed by atoms with Gasteiger partial charge in [0.1, 0.15) is 19.0 Å². The summed E-state index contributed by atoms with van der Waals surface area (Å²) in [7, 11) is 0. The fourth-order valence-corrected chi connectivity index (χ4v) is 5.90. The van der Waals surface area contributed by atoms with Gasteiger partial charge in [0.15, 0.2) is 0 Å². The van der Waals surface area contributed by atoms with Crippen LogP contribution in [0.1, 0.15) is 54.0 Å². The molecule has 0 spiro atoms. The molecule has 2 amide bonds. The lowest BCUT2D eigenvalue weighted by Crippen LogP contribution is -2.42. The standard InChI is InChI=1S/C44H50N2O6/c1-3-5-20-38(27-33-16-9-6-10-17-33)44(50)52-32-41(36-21-13-8-14-22-36)46-43(49)37(15-4-2)29-42(48)45-39(30-47)28-34-23-25-40(26-24-34)51-31-35-18-11-7-12-19-35/h3-4,6-14,16-19,21-26,37-39,41,47H,1-2,5,15,20,27-32H2,(H,45,48)(H,46,49)/t37-,38-,39+,41+/m1/s1.